The summed E-state index contributed by atoms with van der Waals surface area (Å²) in [6, 6.07) is 20.0. The number of methoxy groups -OCH3 is 1. The summed E-state index contributed by atoms with van der Waals surface area (Å²) in [5.41, 5.74) is 7.39. The van der Waals surface area contributed by atoms with Crippen LogP contribution in [0.4, 0.5) is 10.1 Å². The van der Waals surface area contributed by atoms with Crippen molar-refractivity contribution in [2.45, 2.75) is 6.42 Å². The number of anilines is 1. The number of hydrogen-bond acceptors (Lipinski definition) is 6. The van der Waals surface area contributed by atoms with E-state index in [0.29, 0.717) is 22.6 Å². The average Bonchev–Trinajstić information content (AvgIpc) is 3.65. The monoisotopic (exact) mass is 569 g/mol. The maximum absolute atomic E-state index is 14.3. The van der Waals surface area contributed by atoms with Crippen LogP contribution in [0.25, 0.3) is 55.6 Å². The summed E-state index contributed by atoms with van der Waals surface area (Å²) in [7, 11) is 1.51. The molecule has 0 aliphatic rings. The van der Waals surface area contributed by atoms with Gasteiger partial charge in [0.25, 0.3) is 0 Å². The Kier molecular flexibility index (Phi) is 6.55. The standard InChI is InChI=1S/C33H24FN7O2/c1-43-25-10-20(8-23(34)12-25)28-17-36-18-30-26(28)13-29(39-30)32-27-11-22(15-37-33(27)41-40-32)21-9-24(16-35-14-21)38-31(42)7-19-5-3-2-4-6-19/h2-6,8-18,39H,7H2,1H3,(H,38,42)(H,37,40,41). The van der Waals surface area contributed by atoms with Gasteiger partial charge in [-0.1, -0.05) is 30.3 Å². The molecule has 0 fully saturated rings. The van der Waals surface area contributed by atoms with Gasteiger partial charge >= 0.3 is 0 Å². The number of fused-ring (bicyclic) bond motifs is 2. The maximum Gasteiger partial charge on any atom is 0.228 e. The molecule has 5 aromatic heterocycles. The number of amides is 1. The van der Waals surface area contributed by atoms with Crippen molar-refractivity contribution in [2.75, 3.05) is 12.4 Å². The summed E-state index contributed by atoms with van der Waals surface area (Å²) in [5, 5.41) is 12.1. The SMILES string of the molecule is COc1cc(F)cc(-c2cncc3[nH]c(-c4[nH]nc5ncc(-c6cncc(NC(=O)Cc7ccccc7)c6)cc45)cc23)c1. The van der Waals surface area contributed by atoms with Crippen LogP contribution in [0.2, 0.25) is 0 Å². The number of aromatic amines is 2. The van der Waals surface area contributed by atoms with E-state index in [1.807, 2.05) is 48.5 Å². The summed E-state index contributed by atoms with van der Waals surface area (Å²) >= 11 is 0. The molecule has 3 N–H and O–H groups in total. The molecule has 210 valence electrons. The molecule has 0 saturated heterocycles. The Bertz CT molecular complexity index is 2120. The second-order valence-electron chi connectivity index (χ2n) is 10.1. The van der Waals surface area contributed by atoms with Crippen molar-refractivity contribution < 1.29 is 13.9 Å². The van der Waals surface area contributed by atoms with E-state index >= 15 is 0 Å². The number of nitrogens with one attached hydrogen (secondary N) is 3. The minimum Gasteiger partial charge on any atom is -0.497 e. The number of benzene rings is 2. The predicted molar refractivity (Wildman–Crippen MR) is 163 cm³/mol. The first-order valence-corrected chi connectivity index (χ1v) is 13.5. The van der Waals surface area contributed by atoms with Gasteiger partial charge in [-0.05, 0) is 41.5 Å². The number of hydrogen-bond donors (Lipinski definition) is 3. The van der Waals surface area contributed by atoms with Crippen LogP contribution in [0.1, 0.15) is 5.56 Å². The molecule has 0 spiro atoms. The van der Waals surface area contributed by atoms with Crippen molar-refractivity contribution in [3.63, 3.8) is 0 Å². The minimum atomic E-state index is -0.394. The highest BCUT2D eigenvalue weighted by Gasteiger charge is 2.16. The van der Waals surface area contributed by atoms with Crippen LogP contribution in [0.5, 0.6) is 5.75 Å². The van der Waals surface area contributed by atoms with Crippen LogP contribution in [-0.2, 0) is 11.2 Å². The third-order valence-corrected chi connectivity index (χ3v) is 7.21. The maximum atomic E-state index is 14.3. The Morgan fingerprint density at radius 1 is 0.884 bits per heavy atom. The zero-order valence-corrected chi connectivity index (χ0v) is 22.9. The van der Waals surface area contributed by atoms with Crippen molar-refractivity contribution in [3.8, 4) is 39.4 Å². The van der Waals surface area contributed by atoms with E-state index in [1.165, 1.54) is 19.2 Å². The van der Waals surface area contributed by atoms with Crippen molar-refractivity contribution in [2.24, 2.45) is 0 Å². The molecule has 9 nitrogen and oxygen atoms in total. The Labute approximate surface area is 244 Å². The zero-order chi connectivity index (χ0) is 29.3. The minimum absolute atomic E-state index is 0.125. The van der Waals surface area contributed by atoms with E-state index < -0.39 is 5.82 Å². The number of rotatable bonds is 7. The van der Waals surface area contributed by atoms with Crippen LogP contribution >= 0.6 is 0 Å². The van der Waals surface area contributed by atoms with Gasteiger partial charge in [0, 0.05) is 52.1 Å². The van der Waals surface area contributed by atoms with Gasteiger partial charge in [0.2, 0.25) is 5.91 Å². The van der Waals surface area contributed by atoms with Crippen LogP contribution in [0, 0.1) is 5.82 Å². The quantitative estimate of drug-likeness (QED) is 0.200. The van der Waals surface area contributed by atoms with Crippen molar-refractivity contribution in [1.82, 2.24) is 30.1 Å². The average molecular weight is 570 g/mol. The third-order valence-electron chi connectivity index (χ3n) is 7.21. The molecule has 0 saturated carbocycles. The fraction of sp³-hybridized carbons (Fsp3) is 0.0606. The lowest BCUT2D eigenvalue weighted by atomic mass is 10.0. The number of aromatic nitrogens is 6. The molecule has 0 atom stereocenters. The van der Waals surface area contributed by atoms with E-state index in [0.717, 1.165) is 49.9 Å². The molecule has 10 heteroatoms. The van der Waals surface area contributed by atoms with Crippen LogP contribution in [0.15, 0.2) is 97.7 Å². The van der Waals surface area contributed by atoms with Gasteiger partial charge in [-0.3, -0.25) is 19.9 Å². The fourth-order valence-corrected chi connectivity index (χ4v) is 5.17. The molecule has 5 heterocycles. The molecule has 1 amide bonds. The molecule has 0 radical (unpaired) electrons. The molecule has 43 heavy (non-hydrogen) atoms. The molecule has 7 rings (SSSR count). The number of H-pyrrole nitrogens is 2. The highest BCUT2D eigenvalue weighted by molar-refractivity contribution is 6.01. The fourth-order valence-electron chi connectivity index (χ4n) is 5.17. The van der Waals surface area contributed by atoms with E-state index in [1.54, 1.807) is 37.1 Å². The first-order valence-electron chi connectivity index (χ1n) is 13.5. The predicted octanol–water partition coefficient (Wildman–Crippen LogP) is 6.56. The van der Waals surface area contributed by atoms with Gasteiger partial charge in [-0.15, -0.1) is 0 Å². The number of carbonyl (C=O) groups excluding carboxylic acids is 1. The molecule has 0 bridgehead atoms. The van der Waals surface area contributed by atoms with Crippen LogP contribution in [-0.4, -0.2) is 43.2 Å². The lowest BCUT2D eigenvalue weighted by molar-refractivity contribution is -0.115. The van der Waals surface area contributed by atoms with Gasteiger partial charge in [0.05, 0.1) is 48.5 Å². The summed E-state index contributed by atoms with van der Waals surface area (Å²) in [4.78, 5) is 29.3. The van der Waals surface area contributed by atoms with E-state index in [4.69, 9.17) is 4.74 Å². The van der Waals surface area contributed by atoms with Gasteiger partial charge in [-0.25, -0.2) is 9.37 Å². The number of carbonyl (C=O) groups is 1. The molecular formula is C33H24FN7O2. The van der Waals surface area contributed by atoms with E-state index in [9.17, 15) is 9.18 Å². The molecule has 7 aromatic rings. The normalized spacial score (nSPS) is 11.2. The molecule has 0 unspecified atom stereocenters. The first kappa shape index (κ1) is 26.0. The summed E-state index contributed by atoms with van der Waals surface area (Å²) in [5.74, 6) is -0.0925. The van der Waals surface area contributed by atoms with E-state index in [-0.39, 0.29) is 12.3 Å². The van der Waals surface area contributed by atoms with Gasteiger partial charge < -0.3 is 15.0 Å². The second-order valence-corrected chi connectivity index (χ2v) is 10.1. The number of ether oxygens (including phenoxy) is 1. The highest BCUT2D eigenvalue weighted by Crippen LogP contribution is 2.35. The van der Waals surface area contributed by atoms with Crippen molar-refractivity contribution >= 4 is 33.5 Å². The van der Waals surface area contributed by atoms with Gasteiger partial charge in [0.1, 0.15) is 11.6 Å². The zero-order valence-electron chi connectivity index (χ0n) is 22.9. The topological polar surface area (TPSA) is 121 Å². The lowest BCUT2D eigenvalue weighted by Crippen LogP contribution is -2.14. The Hall–Kier alpha value is -5.90. The number of nitrogens with zero attached hydrogens (tertiary/aromatic N) is 4. The van der Waals surface area contributed by atoms with Gasteiger partial charge in [-0.2, -0.15) is 5.10 Å². The van der Waals surface area contributed by atoms with Gasteiger partial charge in [0.15, 0.2) is 5.65 Å². The molecule has 0 aliphatic heterocycles. The number of halogens is 1. The number of pyridine rings is 3. The van der Waals surface area contributed by atoms with E-state index in [2.05, 4.69) is 35.5 Å². The summed E-state index contributed by atoms with van der Waals surface area (Å²) in [6.45, 7) is 0. The van der Waals surface area contributed by atoms with Crippen molar-refractivity contribution in [1.29, 1.82) is 0 Å². The smallest absolute Gasteiger partial charge is 0.228 e. The molecule has 0 aliphatic carbocycles. The highest BCUT2D eigenvalue weighted by atomic mass is 19.1. The first-order chi connectivity index (χ1) is 21.0. The van der Waals surface area contributed by atoms with Crippen LogP contribution in [0.3, 0.4) is 0 Å². The largest absolute Gasteiger partial charge is 0.497 e. The Morgan fingerprint density at radius 2 is 1.72 bits per heavy atom. The molecular weight excluding hydrogens is 545 g/mol. The third kappa shape index (κ3) is 5.17. The summed E-state index contributed by atoms with van der Waals surface area (Å²) < 4.78 is 19.6. The van der Waals surface area contributed by atoms with Crippen LogP contribution < -0.4 is 10.1 Å². The lowest BCUT2D eigenvalue weighted by Gasteiger charge is -2.07. The van der Waals surface area contributed by atoms with Crippen molar-refractivity contribution in [3.05, 3.63) is 109 Å². The Morgan fingerprint density at radius 3 is 2.58 bits per heavy atom. The molecule has 2 aromatic carbocycles. The Balaban J connectivity index is 1.22. The summed E-state index contributed by atoms with van der Waals surface area (Å²) in [6.07, 6.45) is 8.77. The second kappa shape index (κ2) is 10.8.